The molecule has 0 aromatic heterocycles. The molecule has 3 aromatic rings. The van der Waals surface area contributed by atoms with Gasteiger partial charge in [0.05, 0.1) is 29.2 Å². The number of carbonyl (C=O) groups excluding carboxylic acids is 5. The largest absolute Gasteiger partial charge is 0.490 e. The van der Waals surface area contributed by atoms with Gasteiger partial charge in [-0.2, -0.15) is 0 Å². The summed E-state index contributed by atoms with van der Waals surface area (Å²) in [5, 5.41) is 4.83. The van der Waals surface area contributed by atoms with Crippen LogP contribution in [-0.4, -0.2) is 60.7 Å². The van der Waals surface area contributed by atoms with Crippen molar-refractivity contribution >= 4 is 69.7 Å². The van der Waals surface area contributed by atoms with Gasteiger partial charge in [-0.3, -0.25) is 24.1 Å². The van der Waals surface area contributed by atoms with Crippen LogP contribution in [-0.2, 0) is 19.1 Å². The molecule has 0 spiro atoms. The number of thioether (sulfide) groups is 1. The Morgan fingerprint density at radius 2 is 1.61 bits per heavy atom. The number of imide groups is 1. The van der Waals surface area contributed by atoms with Crippen LogP contribution in [0.2, 0.25) is 5.02 Å². The number of benzene rings is 3. The molecule has 11 nitrogen and oxygen atoms in total. The second kappa shape index (κ2) is 14.6. The molecule has 228 valence electrons. The van der Waals surface area contributed by atoms with Crippen molar-refractivity contribution in [3.8, 4) is 11.5 Å². The molecule has 1 saturated heterocycles. The fourth-order valence-corrected chi connectivity index (χ4v) is 5.01. The third kappa shape index (κ3) is 8.17. The van der Waals surface area contributed by atoms with Crippen molar-refractivity contribution in [2.75, 3.05) is 37.5 Å². The van der Waals surface area contributed by atoms with Crippen molar-refractivity contribution in [2.24, 2.45) is 0 Å². The number of hydrogen-bond donors (Lipinski definition) is 2. The van der Waals surface area contributed by atoms with Crippen molar-refractivity contribution in [1.29, 1.82) is 0 Å². The molecule has 1 fully saturated rings. The maximum atomic E-state index is 13.0. The predicted molar refractivity (Wildman–Crippen MR) is 167 cm³/mol. The Hall–Kier alpha value is -4.81. The summed E-state index contributed by atoms with van der Waals surface area (Å²) in [4.78, 5) is 63.4. The first-order valence-corrected chi connectivity index (χ1v) is 14.5. The highest BCUT2D eigenvalue weighted by molar-refractivity contribution is 8.18. The van der Waals surface area contributed by atoms with Gasteiger partial charge in [-0.1, -0.05) is 35.4 Å². The Bertz CT molecular complexity index is 1640. The Kier molecular flexibility index (Phi) is 10.6. The van der Waals surface area contributed by atoms with E-state index < -0.39 is 29.6 Å². The minimum atomic E-state index is -0.683. The van der Waals surface area contributed by atoms with Crippen molar-refractivity contribution in [3.05, 3.63) is 87.3 Å². The fraction of sp³-hybridized carbons (Fsp3) is 0.194. The number of aryl methyl sites for hydroxylation is 1. The van der Waals surface area contributed by atoms with E-state index in [-0.39, 0.29) is 33.7 Å². The van der Waals surface area contributed by atoms with Gasteiger partial charge in [0, 0.05) is 11.4 Å². The summed E-state index contributed by atoms with van der Waals surface area (Å²) in [6.07, 6.45) is 1.50. The van der Waals surface area contributed by atoms with Crippen LogP contribution >= 0.6 is 23.4 Å². The highest BCUT2D eigenvalue weighted by atomic mass is 35.5. The monoisotopic (exact) mass is 637 g/mol. The molecule has 1 heterocycles. The quantitative estimate of drug-likeness (QED) is 0.205. The number of amides is 4. The average molecular weight is 638 g/mol. The lowest BCUT2D eigenvalue weighted by Crippen LogP contribution is -2.36. The maximum Gasteiger partial charge on any atom is 0.339 e. The van der Waals surface area contributed by atoms with Gasteiger partial charge in [0.1, 0.15) is 6.54 Å². The zero-order chi connectivity index (χ0) is 31.8. The minimum Gasteiger partial charge on any atom is -0.490 e. The molecule has 44 heavy (non-hydrogen) atoms. The van der Waals surface area contributed by atoms with Gasteiger partial charge < -0.3 is 24.8 Å². The molecule has 0 bridgehead atoms. The first-order chi connectivity index (χ1) is 21.1. The van der Waals surface area contributed by atoms with Crippen LogP contribution in [0, 0.1) is 6.92 Å². The van der Waals surface area contributed by atoms with E-state index in [4.69, 9.17) is 21.1 Å². The van der Waals surface area contributed by atoms with Gasteiger partial charge in [0.25, 0.3) is 17.1 Å². The number of nitrogens with one attached hydrogen (secondary N) is 2. The molecule has 0 saturated carbocycles. The van der Waals surface area contributed by atoms with E-state index >= 15 is 0 Å². The van der Waals surface area contributed by atoms with Crippen LogP contribution in [0.4, 0.5) is 16.2 Å². The molecule has 4 amide bonds. The third-order valence-electron chi connectivity index (χ3n) is 6.09. The zero-order valence-electron chi connectivity index (χ0n) is 24.0. The standard InChI is InChI=1S/C31H28ClN3O8S/c1-4-42-25-13-19(7-12-24(25)43-17-28(37)33-20-8-5-18(2)6-9-20)14-26-29(38)35(31(40)44-26)16-27(36)34-21-10-11-23(32)22(15-21)30(39)41-3/h5-15H,4,16-17H2,1-3H3,(H,33,37)(H,34,36)/b26-14-. The molecular weight excluding hydrogens is 610 g/mol. The topological polar surface area (TPSA) is 140 Å². The van der Waals surface area contributed by atoms with Crippen LogP contribution in [0.15, 0.2) is 65.6 Å². The average Bonchev–Trinajstić information content (AvgIpc) is 3.25. The predicted octanol–water partition coefficient (Wildman–Crippen LogP) is 5.53. The Labute approximate surface area is 262 Å². The normalized spacial score (nSPS) is 13.5. The minimum absolute atomic E-state index is 0.0504. The lowest BCUT2D eigenvalue weighted by Gasteiger charge is -2.13. The summed E-state index contributed by atoms with van der Waals surface area (Å²) in [6.45, 7) is 3.26. The number of ether oxygens (including phenoxy) is 3. The first-order valence-electron chi connectivity index (χ1n) is 13.3. The van der Waals surface area contributed by atoms with E-state index in [1.807, 2.05) is 19.1 Å². The van der Waals surface area contributed by atoms with Gasteiger partial charge in [-0.05, 0) is 79.7 Å². The van der Waals surface area contributed by atoms with Gasteiger partial charge in [0.15, 0.2) is 18.1 Å². The van der Waals surface area contributed by atoms with Crippen molar-refractivity contribution in [3.63, 3.8) is 0 Å². The second-order valence-electron chi connectivity index (χ2n) is 9.34. The smallest absolute Gasteiger partial charge is 0.339 e. The maximum absolute atomic E-state index is 13.0. The molecule has 13 heteroatoms. The molecule has 0 unspecified atom stereocenters. The number of anilines is 2. The number of esters is 1. The lowest BCUT2D eigenvalue weighted by atomic mass is 10.2. The van der Waals surface area contributed by atoms with Crippen molar-refractivity contribution in [1.82, 2.24) is 4.90 Å². The molecule has 1 aliphatic heterocycles. The zero-order valence-corrected chi connectivity index (χ0v) is 25.5. The highest BCUT2D eigenvalue weighted by Crippen LogP contribution is 2.35. The summed E-state index contributed by atoms with van der Waals surface area (Å²) in [7, 11) is 1.20. The van der Waals surface area contributed by atoms with Gasteiger partial charge >= 0.3 is 5.97 Å². The number of rotatable bonds is 11. The molecule has 4 rings (SSSR count). The number of nitrogens with zero attached hydrogens (tertiary/aromatic N) is 1. The van der Waals surface area contributed by atoms with E-state index in [0.717, 1.165) is 10.5 Å². The van der Waals surface area contributed by atoms with E-state index in [9.17, 15) is 24.0 Å². The number of halogens is 1. The molecule has 2 N–H and O–H groups in total. The highest BCUT2D eigenvalue weighted by Gasteiger charge is 2.36. The Morgan fingerprint density at radius 3 is 2.32 bits per heavy atom. The molecule has 1 aliphatic rings. The van der Waals surface area contributed by atoms with Gasteiger partial charge in [-0.15, -0.1) is 0 Å². The summed E-state index contributed by atoms with van der Waals surface area (Å²) in [5.74, 6) is -1.66. The summed E-state index contributed by atoms with van der Waals surface area (Å²) in [6, 6.07) is 16.5. The molecule has 0 atom stereocenters. The lowest BCUT2D eigenvalue weighted by molar-refractivity contribution is -0.127. The van der Waals surface area contributed by atoms with Crippen molar-refractivity contribution < 1.29 is 38.2 Å². The Balaban J connectivity index is 1.40. The molecule has 0 aliphatic carbocycles. The molecule has 0 radical (unpaired) electrons. The summed E-state index contributed by atoms with van der Waals surface area (Å²) in [5.41, 5.74) is 2.54. The number of methoxy groups -OCH3 is 1. The van der Waals surface area contributed by atoms with Crippen LogP contribution in [0.25, 0.3) is 6.08 Å². The third-order valence-corrected chi connectivity index (χ3v) is 7.33. The van der Waals surface area contributed by atoms with E-state index in [1.165, 1.54) is 31.4 Å². The van der Waals surface area contributed by atoms with E-state index in [2.05, 4.69) is 15.4 Å². The first kappa shape index (κ1) is 32.1. The van der Waals surface area contributed by atoms with Crippen molar-refractivity contribution in [2.45, 2.75) is 13.8 Å². The van der Waals surface area contributed by atoms with Crippen LogP contribution in [0.5, 0.6) is 11.5 Å². The second-order valence-corrected chi connectivity index (χ2v) is 10.7. The molecular formula is C31H28ClN3O8S. The van der Waals surface area contributed by atoms with E-state index in [0.29, 0.717) is 41.1 Å². The van der Waals surface area contributed by atoms with Crippen LogP contribution < -0.4 is 20.1 Å². The van der Waals surface area contributed by atoms with Gasteiger partial charge in [-0.25, -0.2) is 4.79 Å². The molecule has 3 aromatic carbocycles. The summed E-state index contributed by atoms with van der Waals surface area (Å²) < 4.78 is 16.0. The SMILES string of the molecule is CCOc1cc(/C=C2\SC(=O)N(CC(=O)Nc3ccc(Cl)c(C(=O)OC)c3)C2=O)ccc1OCC(=O)Nc1ccc(C)cc1. The Morgan fingerprint density at radius 1 is 0.909 bits per heavy atom. The van der Waals surface area contributed by atoms with Crippen LogP contribution in [0.3, 0.4) is 0 Å². The fourth-order valence-electron chi connectivity index (χ4n) is 3.98. The number of carbonyl (C=O) groups is 5. The van der Waals surface area contributed by atoms with E-state index in [1.54, 1.807) is 37.3 Å². The van der Waals surface area contributed by atoms with Crippen LogP contribution in [0.1, 0.15) is 28.4 Å². The summed E-state index contributed by atoms with van der Waals surface area (Å²) >= 11 is 6.70. The number of hydrogen-bond acceptors (Lipinski definition) is 9. The van der Waals surface area contributed by atoms with Gasteiger partial charge in [0.2, 0.25) is 5.91 Å².